The number of aromatic nitrogens is 2. The Hall–Kier alpha value is -0.980. The third kappa shape index (κ3) is 2.48. The van der Waals surface area contributed by atoms with Crippen LogP contribution in [0.1, 0.15) is 36.5 Å². The second-order valence-electron chi connectivity index (χ2n) is 4.46. The highest BCUT2D eigenvalue weighted by atomic mass is 16.5. The van der Waals surface area contributed by atoms with Crippen molar-refractivity contribution in [1.29, 1.82) is 0 Å². The Bertz CT molecular complexity index is 324. The van der Waals surface area contributed by atoms with E-state index in [0.29, 0.717) is 18.4 Å². The van der Waals surface area contributed by atoms with Gasteiger partial charge in [0.15, 0.2) is 5.82 Å². The molecule has 1 N–H and O–H groups in total. The van der Waals surface area contributed by atoms with E-state index in [4.69, 9.17) is 14.0 Å². The molecule has 0 spiro atoms. The molecule has 2 fully saturated rings. The normalized spacial score (nSPS) is 27.2. The molecule has 1 atom stereocenters. The number of hydrogen-bond acceptors (Lipinski definition) is 6. The molecule has 0 radical (unpaired) electrons. The lowest BCUT2D eigenvalue weighted by Gasteiger charge is -2.20. The molecule has 94 valence electrons. The van der Waals surface area contributed by atoms with Gasteiger partial charge in [-0.15, -0.1) is 0 Å². The molecule has 1 aromatic rings. The van der Waals surface area contributed by atoms with Crippen molar-refractivity contribution in [2.24, 2.45) is 0 Å². The maximum absolute atomic E-state index is 5.38. The summed E-state index contributed by atoms with van der Waals surface area (Å²) in [5, 5.41) is 7.38. The highest BCUT2D eigenvalue weighted by molar-refractivity contribution is 5.00. The van der Waals surface area contributed by atoms with E-state index in [-0.39, 0.29) is 6.04 Å². The second-order valence-corrected chi connectivity index (χ2v) is 4.46. The van der Waals surface area contributed by atoms with Gasteiger partial charge in [-0.25, -0.2) is 0 Å². The van der Waals surface area contributed by atoms with Crippen molar-refractivity contribution in [2.45, 2.75) is 24.8 Å². The van der Waals surface area contributed by atoms with Gasteiger partial charge in [0.1, 0.15) is 6.04 Å². The molecule has 0 aromatic carbocycles. The van der Waals surface area contributed by atoms with Gasteiger partial charge in [0, 0.05) is 25.7 Å². The SMILES string of the molecule is C1COCC(c2nc(C3CCOCC3)no2)N1. The molecule has 2 aliphatic rings. The number of nitrogens with zero attached hydrogens (tertiary/aromatic N) is 2. The van der Waals surface area contributed by atoms with Crippen LogP contribution in [0.25, 0.3) is 0 Å². The van der Waals surface area contributed by atoms with Gasteiger partial charge in [-0.2, -0.15) is 4.98 Å². The lowest BCUT2D eigenvalue weighted by Crippen LogP contribution is -2.34. The molecule has 6 nitrogen and oxygen atoms in total. The molecular formula is C11H17N3O3. The van der Waals surface area contributed by atoms with Gasteiger partial charge >= 0.3 is 0 Å². The molecule has 17 heavy (non-hydrogen) atoms. The molecule has 2 aliphatic heterocycles. The molecule has 3 rings (SSSR count). The van der Waals surface area contributed by atoms with Crippen molar-refractivity contribution < 1.29 is 14.0 Å². The Morgan fingerprint density at radius 1 is 1.12 bits per heavy atom. The zero-order valence-corrected chi connectivity index (χ0v) is 9.72. The van der Waals surface area contributed by atoms with Crippen LogP contribution < -0.4 is 5.32 Å². The predicted molar refractivity (Wildman–Crippen MR) is 58.7 cm³/mol. The lowest BCUT2D eigenvalue weighted by molar-refractivity contribution is 0.0659. The Balaban J connectivity index is 1.68. The zero-order chi connectivity index (χ0) is 11.5. The maximum atomic E-state index is 5.38. The van der Waals surface area contributed by atoms with Crippen LogP contribution in [0, 0.1) is 0 Å². The first-order chi connectivity index (χ1) is 8.43. The molecule has 1 aromatic heterocycles. The minimum absolute atomic E-state index is 0.0461. The van der Waals surface area contributed by atoms with E-state index in [2.05, 4.69) is 15.5 Å². The Morgan fingerprint density at radius 3 is 2.76 bits per heavy atom. The van der Waals surface area contributed by atoms with E-state index in [1.54, 1.807) is 0 Å². The van der Waals surface area contributed by atoms with Gasteiger partial charge in [0.05, 0.1) is 13.2 Å². The summed E-state index contributed by atoms with van der Waals surface area (Å²) in [6.45, 7) is 3.77. The van der Waals surface area contributed by atoms with E-state index < -0.39 is 0 Å². The fourth-order valence-electron chi connectivity index (χ4n) is 2.23. The molecule has 3 heterocycles. The van der Waals surface area contributed by atoms with E-state index in [1.165, 1.54) is 0 Å². The van der Waals surface area contributed by atoms with Crippen LogP contribution >= 0.6 is 0 Å². The van der Waals surface area contributed by atoms with Crippen molar-refractivity contribution in [3.63, 3.8) is 0 Å². The van der Waals surface area contributed by atoms with Crippen LogP contribution in [0.2, 0.25) is 0 Å². The predicted octanol–water partition coefficient (Wildman–Crippen LogP) is 0.624. The van der Waals surface area contributed by atoms with E-state index in [9.17, 15) is 0 Å². The Labute approximate surface area is 99.7 Å². The summed E-state index contributed by atoms with van der Waals surface area (Å²) in [7, 11) is 0. The molecule has 2 saturated heterocycles. The highest BCUT2D eigenvalue weighted by Crippen LogP contribution is 2.25. The highest BCUT2D eigenvalue weighted by Gasteiger charge is 2.25. The van der Waals surface area contributed by atoms with Crippen LogP contribution in [-0.2, 0) is 9.47 Å². The summed E-state index contributed by atoms with van der Waals surface area (Å²) >= 11 is 0. The van der Waals surface area contributed by atoms with Crippen molar-refractivity contribution in [3.8, 4) is 0 Å². The van der Waals surface area contributed by atoms with Gasteiger partial charge in [-0.05, 0) is 12.8 Å². The van der Waals surface area contributed by atoms with Crippen molar-refractivity contribution >= 4 is 0 Å². The summed E-state index contributed by atoms with van der Waals surface area (Å²) < 4.78 is 16.0. The summed E-state index contributed by atoms with van der Waals surface area (Å²) in [6, 6.07) is 0.0461. The first-order valence-electron chi connectivity index (χ1n) is 6.16. The molecule has 0 aliphatic carbocycles. The summed E-state index contributed by atoms with van der Waals surface area (Å²) in [5.41, 5.74) is 0. The number of morpholine rings is 1. The molecule has 6 heteroatoms. The minimum Gasteiger partial charge on any atom is -0.381 e. The fraction of sp³-hybridized carbons (Fsp3) is 0.818. The number of rotatable bonds is 2. The molecular weight excluding hydrogens is 222 g/mol. The lowest BCUT2D eigenvalue weighted by atomic mass is 10.00. The van der Waals surface area contributed by atoms with Crippen LogP contribution in [0.15, 0.2) is 4.52 Å². The smallest absolute Gasteiger partial charge is 0.246 e. The standard InChI is InChI=1S/C11H17N3O3/c1-4-15-5-2-8(1)10-13-11(17-14-10)9-7-16-6-3-12-9/h8-9,12H,1-7H2. The topological polar surface area (TPSA) is 69.4 Å². The van der Waals surface area contributed by atoms with E-state index in [1.807, 2.05) is 0 Å². The van der Waals surface area contributed by atoms with Crippen LogP contribution in [-0.4, -0.2) is 43.1 Å². The minimum atomic E-state index is 0.0461. The third-order valence-corrected chi connectivity index (χ3v) is 3.26. The van der Waals surface area contributed by atoms with Crippen molar-refractivity contribution in [2.75, 3.05) is 33.0 Å². The number of ether oxygens (including phenoxy) is 2. The first-order valence-corrected chi connectivity index (χ1v) is 6.16. The summed E-state index contributed by atoms with van der Waals surface area (Å²) in [6.07, 6.45) is 1.96. The van der Waals surface area contributed by atoms with Gasteiger partial charge < -0.3 is 19.3 Å². The Morgan fingerprint density at radius 2 is 2.00 bits per heavy atom. The quantitative estimate of drug-likeness (QED) is 0.816. The molecule has 0 bridgehead atoms. The third-order valence-electron chi connectivity index (χ3n) is 3.26. The fourth-order valence-corrected chi connectivity index (χ4v) is 2.23. The van der Waals surface area contributed by atoms with Crippen LogP contribution in [0.4, 0.5) is 0 Å². The van der Waals surface area contributed by atoms with Crippen molar-refractivity contribution in [1.82, 2.24) is 15.5 Å². The van der Waals surface area contributed by atoms with Crippen LogP contribution in [0.5, 0.6) is 0 Å². The van der Waals surface area contributed by atoms with Gasteiger partial charge in [0.25, 0.3) is 0 Å². The van der Waals surface area contributed by atoms with E-state index in [0.717, 1.165) is 45.0 Å². The van der Waals surface area contributed by atoms with Gasteiger partial charge in [-0.3, -0.25) is 0 Å². The molecule has 0 amide bonds. The Kier molecular flexibility index (Phi) is 3.35. The molecule has 1 unspecified atom stereocenters. The zero-order valence-electron chi connectivity index (χ0n) is 9.72. The maximum Gasteiger partial charge on any atom is 0.246 e. The van der Waals surface area contributed by atoms with Gasteiger partial charge in [-0.1, -0.05) is 5.16 Å². The first kappa shape index (κ1) is 11.1. The number of nitrogens with one attached hydrogen (secondary N) is 1. The second kappa shape index (κ2) is 5.12. The summed E-state index contributed by atoms with van der Waals surface area (Å²) in [4.78, 5) is 4.48. The average Bonchev–Trinajstić information content (AvgIpc) is 2.90. The van der Waals surface area contributed by atoms with Gasteiger partial charge in [0.2, 0.25) is 5.89 Å². The van der Waals surface area contributed by atoms with Crippen LogP contribution in [0.3, 0.4) is 0 Å². The average molecular weight is 239 g/mol. The van der Waals surface area contributed by atoms with Crippen molar-refractivity contribution in [3.05, 3.63) is 11.7 Å². The largest absolute Gasteiger partial charge is 0.381 e. The van der Waals surface area contributed by atoms with E-state index >= 15 is 0 Å². The number of hydrogen-bond donors (Lipinski definition) is 1. The molecule has 0 saturated carbocycles. The monoisotopic (exact) mass is 239 g/mol. The summed E-state index contributed by atoms with van der Waals surface area (Å²) in [5.74, 6) is 1.84.